The summed E-state index contributed by atoms with van der Waals surface area (Å²) in [5.74, 6) is 0.551. The van der Waals surface area contributed by atoms with Gasteiger partial charge in [-0.25, -0.2) is 9.37 Å². The number of pyridine rings is 1. The van der Waals surface area contributed by atoms with Crippen LogP contribution in [0.2, 0.25) is 0 Å². The number of aryl methyl sites for hydroxylation is 1. The molecule has 1 unspecified atom stereocenters. The number of carbonyl (C=O) groups excluding carboxylic acids is 1. The number of benzene rings is 1. The van der Waals surface area contributed by atoms with Crippen molar-refractivity contribution >= 4 is 11.7 Å². The lowest BCUT2D eigenvalue weighted by molar-refractivity contribution is 0.0949. The summed E-state index contributed by atoms with van der Waals surface area (Å²) in [5.41, 5.74) is 2.26. The van der Waals surface area contributed by atoms with Crippen LogP contribution >= 0.6 is 0 Å². The number of rotatable bonds is 8. The van der Waals surface area contributed by atoms with Gasteiger partial charge in [-0.05, 0) is 74.5 Å². The summed E-state index contributed by atoms with van der Waals surface area (Å²) >= 11 is 0. The number of halogens is 1. The zero-order chi connectivity index (χ0) is 19.1. The van der Waals surface area contributed by atoms with E-state index in [0.717, 1.165) is 49.3 Å². The van der Waals surface area contributed by atoms with Gasteiger partial charge in [-0.15, -0.1) is 0 Å². The van der Waals surface area contributed by atoms with Crippen LogP contribution in [0.3, 0.4) is 0 Å². The zero-order valence-electron chi connectivity index (χ0n) is 15.7. The van der Waals surface area contributed by atoms with E-state index in [1.165, 1.54) is 6.07 Å². The van der Waals surface area contributed by atoms with E-state index in [1.807, 2.05) is 25.3 Å². The standard InChI is InChI=1S/C21H27FN4O/c1-15-3-6-20(26-13-15)24-8-2-9-25-21(27)18-12-16(4-5-19(18)22)11-17-7-10-23-14-17/h3-6,12-13,17,23H,2,7-11,14H2,1H3,(H,24,26)(H,25,27). The van der Waals surface area contributed by atoms with E-state index in [-0.39, 0.29) is 11.5 Å². The lowest BCUT2D eigenvalue weighted by Crippen LogP contribution is -2.27. The fraction of sp³-hybridized carbons (Fsp3) is 0.429. The van der Waals surface area contributed by atoms with Crippen molar-refractivity contribution in [2.75, 3.05) is 31.5 Å². The van der Waals surface area contributed by atoms with E-state index < -0.39 is 5.82 Å². The van der Waals surface area contributed by atoms with Crippen LogP contribution in [0.15, 0.2) is 36.5 Å². The lowest BCUT2D eigenvalue weighted by Gasteiger charge is -2.11. The van der Waals surface area contributed by atoms with Gasteiger partial charge in [0.2, 0.25) is 0 Å². The Kier molecular flexibility index (Phi) is 6.76. The molecule has 1 aliphatic heterocycles. The van der Waals surface area contributed by atoms with E-state index in [1.54, 1.807) is 12.1 Å². The highest BCUT2D eigenvalue weighted by Gasteiger charge is 2.17. The Bertz CT molecular complexity index is 757. The Morgan fingerprint density at radius 2 is 2.19 bits per heavy atom. The average molecular weight is 370 g/mol. The van der Waals surface area contributed by atoms with Crippen molar-refractivity contribution in [2.24, 2.45) is 5.92 Å². The van der Waals surface area contributed by atoms with Gasteiger partial charge in [0.25, 0.3) is 5.91 Å². The maximum atomic E-state index is 14.1. The average Bonchev–Trinajstić information content (AvgIpc) is 3.17. The van der Waals surface area contributed by atoms with E-state index in [0.29, 0.717) is 19.0 Å². The Morgan fingerprint density at radius 1 is 1.30 bits per heavy atom. The number of hydrogen-bond donors (Lipinski definition) is 3. The second-order valence-corrected chi connectivity index (χ2v) is 7.13. The van der Waals surface area contributed by atoms with Gasteiger partial charge < -0.3 is 16.0 Å². The number of nitrogens with zero attached hydrogens (tertiary/aromatic N) is 1. The quantitative estimate of drug-likeness (QED) is 0.625. The molecule has 1 aromatic carbocycles. The van der Waals surface area contributed by atoms with E-state index >= 15 is 0 Å². The van der Waals surface area contributed by atoms with Crippen molar-refractivity contribution in [1.29, 1.82) is 0 Å². The molecule has 6 heteroatoms. The smallest absolute Gasteiger partial charge is 0.254 e. The normalized spacial score (nSPS) is 16.3. The minimum Gasteiger partial charge on any atom is -0.370 e. The monoisotopic (exact) mass is 370 g/mol. The van der Waals surface area contributed by atoms with Gasteiger partial charge >= 0.3 is 0 Å². The first-order valence-electron chi connectivity index (χ1n) is 9.55. The first kappa shape index (κ1) is 19.3. The highest BCUT2D eigenvalue weighted by molar-refractivity contribution is 5.94. The molecule has 3 rings (SSSR count). The maximum absolute atomic E-state index is 14.1. The molecule has 2 aromatic rings. The number of hydrogen-bond acceptors (Lipinski definition) is 4. The fourth-order valence-corrected chi connectivity index (χ4v) is 3.27. The van der Waals surface area contributed by atoms with Crippen molar-refractivity contribution in [3.05, 3.63) is 59.0 Å². The first-order valence-corrected chi connectivity index (χ1v) is 9.55. The minimum atomic E-state index is -0.470. The lowest BCUT2D eigenvalue weighted by atomic mass is 9.97. The number of nitrogens with one attached hydrogen (secondary N) is 3. The molecule has 1 amide bonds. The largest absolute Gasteiger partial charge is 0.370 e. The van der Waals surface area contributed by atoms with Gasteiger partial charge in [0.1, 0.15) is 11.6 Å². The number of amides is 1. The van der Waals surface area contributed by atoms with Crippen molar-refractivity contribution < 1.29 is 9.18 Å². The molecular formula is C21H27FN4O. The predicted molar refractivity (Wildman–Crippen MR) is 105 cm³/mol. The van der Waals surface area contributed by atoms with E-state index in [2.05, 4.69) is 20.9 Å². The summed E-state index contributed by atoms with van der Waals surface area (Å²) in [7, 11) is 0. The molecule has 27 heavy (non-hydrogen) atoms. The molecule has 0 spiro atoms. The second kappa shape index (κ2) is 9.46. The summed E-state index contributed by atoms with van der Waals surface area (Å²) in [6, 6.07) is 8.79. The summed E-state index contributed by atoms with van der Waals surface area (Å²) in [5, 5.41) is 9.34. The fourth-order valence-electron chi connectivity index (χ4n) is 3.27. The van der Waals surface area contributed by atoms with Crippen LogP contribution in [0.5, 0.6) is 0 Å². The van der Waals surface area contributed by atoms with Crippen LogP contribution in [0.1, 0.15) is 34.3 Å². The highest BCUT2D eigenvalue weighted by atomic mass is 19.1. The molecule has 1 aliphatic rings. The molecule has 1 atom stereocenters. The Labute approximate surface area is 159 Å². The third kappa shape index (κ3) is 5.76. The van der Waals surface area contributed by atoms with Crippen molar-refractivity contribution in [1.82, 2.24) is 15.6 Å². The predicted octanol–water partition coefficient (Wildman–Crippen LogP) is 2.91. The zero-order valence-corrected chi connectivity index (χ0v) is 15.7. The maximum Gasteiger partial charge on any atom is 0.254 e. The topological polar surface area (TPSA) is 66.0 Å². The SMILES string of the molecule is Cc1ccc(NCCCNC(=O)c2cc(CC3CCNC3)ccc2F)nc1. The Hall–Kier alpha value is -2.47. The third-order valence-corrected chi connectivity index (χ3v) is 4.82. The molecule has 3 N–H and O–H groups in total. The van der Waals surface area contributed by atoms with Crippen molar-refractivity contribution in [3.63, 3.8) is 0 Å². The molecule has 144 valence electrons. The summed E-state index contributed by atoms with van der Waals surface area (Å²) in [6.07, 6.45) is 4.54. The van der Waals surface area contributed by atoms with Crippen LogP contribution in [0.4, 0.5) is 10.2 Å². The van der Waals surface area contributed by atoms with Crippen LogP contribution in [0.25, 0.3) is 0 Å². The van der Waals surface area contributed by atoms with Gasteiger partial charge in [-0.1, -0.05) is 12.1 Å². The van der Waals surface area contributed by atoms with Crippen molar-refractivity contribution in [2.45, 2.75) is 26.2 Å². The third-order valence-electron chi connectivity index (χ3n) is 4.82. The Balaban J connectivity index is 1.44. The molecule has 1 saturated heterocycles. The van der Waals surface area contributed by atoms with Crippen LogP contribution in [-0.2, 0) is 6.42 Å². The molecular weight excluding hydrogens is 343 g/mol. The molecule has 0 bridgehead atoms. The molecule has 1 aromatic heterocycles. The molecule has 2 heterocycles. The van der Waals surface area contributed by atoms with Crippen LogP contribution < -0.4 is 16.0 Å². The van der Waals surface area contributed by atoms with Gasteiger partial charge in [-0.2, -0.15) is 0 Å². The van der Waals surface area contributed by atoms with Gasteiger partial charge in [0.05, 0.1) is 5.56 Å². The minimum absolute atomic E-state index is 0.131. The first-order chi connectivity index (χ1) is 13.1. The number of carbonyl (C=O) groups is 1. The van der Waals surface area contributed by atoms with Crippen LogP contribution in [-0.4, -0.2) is 37.1 Å². The summed E-state index contributed by atoms with van der Waals surface area (Å²) in [4.78, 5) is 16.6. The van der Waals surface area contributed by atoms with Crippen LogP contribution in [0, 0.1) is 18.7 Å². The van der Waals surface area contributed by atoms with Gasteiger partial charge in [-0.3, -0.25) is 4.79 Å². The summed E-state index contributed by atoms with van der Waals surface area (Å²) in [6.45, 7) is 5.18. The number of anilines is 1. The van der Waals surface area contributed by atoms with Gasteiger partial charge in [0.15, 0.2) is 0 Å². The van der Waals surface area contributed by atoms with E-state index in [9.17, 15) is 9.18 Å². The molecule has 0 aliphatic carbocycles. The Morgan fingerprint density at radius 3 is 2.93 bits per heavy atom. The molecule has 0 radical (unpaired) electrons. The molecule has 1 fully saturated rings. The highest BCUT2D eigenvalue weighted by Crippen LogP contribution is 2.18. The van der Waals surface area contributed by atoms with Crippen molar-refractivity contribution in [3.8, 4) is 0 Å². The van der Waals surface area contributed by atoms with Gasteiger partial charge in [0, 0.05) is 19.3 Å². The number of aromatic nitrogens is 1. The molecule has 5 nitrogen and oxygen atoms in total. The van der Waals surface area contributed by atoms with E-state index in [4.69, 9.17) is 0 Å². The second-order valence-electron chi connectivity index (χ2n) is 7.13. The summed E-state index contributed by atoms with van der Waals surface area (Å²) < 4.78 is 14.1. The molecule has 0 saturated carbocycles.